The zero-order chi connectivity index (χ0) is 76.0. The number of aliphatic hydroxyl groups is 1. The van der Waals surface area contributed by atoms with Crippen molar-refractivity contribution < 1.29 is 80.2 Å². The Morgan fingerprint density at radius 2 is 0.471 bits per heavy atom. The number of carbonyl (C=O) groups excluding carboxylic acids is 4. The first-order chi connectivity index (χ1) is 50.7. The minimum atomic E-state index is -4.97. The highest BCUT2D eigenvalue weighted by Crippen LogP contribution is 2.45. The molecule has 610 valence electrons. The van der Waals surface area contributed by atoms with Gasteiger partial charge in [0.1, 0.15) is 19.3 Å². The number of phosphoric acid groups is 2. The van der Waals surface area contributed by atoms with Gasteiger partial charge in [-0.05, 0) is 89.9 Å². The number of allylic oxidation sites excluding steroid dienone is 8. The molecule has 19 heteroatoms. The number of esters is 4. The second-order valence-electron chi connectivity index (χ2n) is 29.1. The molecule has 0 radical (unpaired) electrons. The summed E-state index contributed by atoms with van der Waals surface area (Å²) in [6, 6.07) is 0. The number of ether oxygens (including phenoxy) is 4. The Hall–Kier alpha value is -2.98. The van der Waals surface area contributed by atoms with E-state index in [2.05, 4.69) is 76.3 Å². The van der Waals surface area contributed by atoms with Crippen LogP contribution in [0.5, 0.6) is 0 Å². The van der Waals surface area contributed by atoms with E-state index in [4.69, 9.17) is 37.0 Å². The van der Waals surface area contributed by atoms with Gasteiger partial charge in [-0.1, -0.05) is 346 Å². The van der Waals surface area contributed by atoms with Gasteiger partial charge in [0.2, 0.25) is 0 Å². The van der Waals surface area contributed by atoms with E-state index in [-0.39, 0.29) is 25.7 Å². The van der Waals surface area contributed by atoms with Crippen molar-refractivity contribution >= 4 is 39.5 Å². The lowest BCUT2D eigenvalue weighted by Gasteiger charge is -2.21. The Bertz CT molecular complexity index is 2150. The van der Waals surface area contributed by atoms with E-state index in [0.717, 1.165) is 135 Å². The fourth-order valence-electron chi connectivity index (χ4n) is 12.2. The lowest BCUT2D eigenvalue weighted by molar-refractivity contribution is -0.161. The maximum atomic E-state index is 13.1. The first-order valence-corrected chi connectivity index (χ1v) is 45.9. The molecule has 17 nitrogen and oxygen atoms in total. The molecule has 0 spiro atoms. The average Bonchev–Trinajstić information content (AvgIpc) is 0.909. The summed E-state index contributed by atoms with van der Waals surface area (Å²) in [6.07, 6.45) is 77.8. The Morgan fingerprint density at radius 3 is 0.731 bits per heavy atom. The number of carbonyl (C=O) groups is 4. The molecule has 0 aliphatic carbocycles. The third-order valence-corrected chi connectivity index (χ3v) is 20.7. The van der Waals surface area contributed by atoms with Crippen LogP contribution in [0.1, 0.15) is 413 Å². The van der Waals surface area contributed by atoms with E-state index in [1.165, 1.54) is 199 Å². The predicted octanol–water partition coefficient (Wildman–Crippen LogP) is 25.2. The highest BCUT2D eigenvalue weighted by molar-refractivity contribution is 7.47. The number of unbranched alkanes of at least 4 members (excludes halogenated alkanes) is 48. The smallest absolute Gasteiger partial charge is 0.462 e. The Balaban J connectivity index is 5.33. The molecule has 104 heavy (non-hydrogen) atoms. The van der Waals surface area contributed by atoms with Crippen LogP contribution in [0.2, 0.25) is 0 Å². The van der Waals surface area contributed by atoms with Gasteiger partial charge in [0.15, 0.2) is 12.2 Å². The molecule has 0 aliphatic heterocycles. The number of phosphoric ester groups is 2. The minimum absolute atomic E-state index is 0.0855. The van der Waals surface area contributed by atoms with Crippen LogP contribution < -0.4 is 0 Å². The van der Waals surface area contributed by atoms with Crippen LogP contribution in [-0.4, -0.2) is 96.7 Å². The van der Waals surface area contributed by atoms with Crippen molar-refractivity contribution in [3.63, 3.8) is 0 Å². The average molecular weight is 1510 g/mol. The largest absolute Gasteiger partial charge is 0.472 e. The van der Waals surface area contributed by atoms with Gasteiger partial charge in [0.25, 0.3) is 0 Å². The molecule has 0 rings (SSSR count). The monoisotopic (exact) mass is 1510 g/mol. The Kier molecular flexibility index (Phi) is 75.9. The number of hydrogen-bond acceptors (Lipinski definition) is 15. The summed E-state index contributed by atoms with van der Waals surface area (Å²) >= 11 is 0. The van der Waals surface area contributed by atoms with Crippen LogP contribution in [0.15, 0.2) is 48.6 Å². The van der Waals surface area contributed by atoms with Crippen LogP contribution in [0.3, 0.4) is 0 Å². The molecule has 0 bridgehead atoms. The molecule has 3 N–H and O–H groups in total. The first-order valence-electron chi connectivity index (χ1n) is 42.9. The van der Waals surface area contributed by atoms with Crippen molar-refractivity contribution in [1.82, 2.24) is 0 Å². The number of rotatable bonds is 82. The molecule has 0 heterocycles. The van der Waals surface area contributed by atoms with E-state index in [9.17, 15) is 43.2 Å². The summed E-state index contributed by atoms with van der Waals surface area (Å²) in [5.41, 5.74) is 0. The summed E-state index contributed by atoms with van der Waals surface area (Å²) in [6.45, 7) is 4.92. The second-order valence-corrected chi connectivity index (χ2v) is 32.0. The van der Waals surface area contributed by atoms with Gasteiger partial charge in [0.05, 0.1) is 26.4 Å². The highest BCUT2D eigenvalue weighted by atomic mass is 31.2. The van der Waals surface area contributed by atoms with E-state index >= 15 is 0 Å². The van der Waals surface area contributed by atoms with Gasteiger partial charge in [-0.3, -0.25) is 37.3 Å². The van der Waals surface area contributed by atoms with Gasteiger partial charge in [-0.25, -0.2) is 9.13 Å². The van der Waals surface area contributed by atoms with E-state index in [0.29, 0.717) is 25.7 Å². The molecular formula is C85H158O17P2. The van der Waals surface area contributed by atoms with E-state index < -0.39 is 97.5 Å². The molecule has 0 aromatic rings. The summed E-state index contributed by atoms with van der Waals surface area (Å²) in [7, 11) is -9.95. The maximum absolute atomic E-state index is 13.1. The fraction of sp³-hybridized carbons (Fsp3) is 0.859. The van der Waals surface area contributed by atoms with Gasteiger partial charge >= 0.3 is 39.5 Å². The van der Waals surface area contributed by atoms with Crippen molar-refractivity contribution in [3.8, 4) is 0 Å². The Morgan fingerprint density at radius 1 is 0.269 bits per heavy atom. The van der Waals surface area contributed by atoms with Gasteiger partial charge in [-0.15, -0.1) is 0 Å². The topological polar surface area (TPSA) is 237 Å². The van der Waals surface area contributed by atoms with Crippen molar-refractivity contribution in [1.29, 1.82) is 0 Å². The molecule has 0 aliphatic rings. The molecule has 0 saturated heterocycles. The molecule has 0 aromatic carbocycles. The van der Waals surface area contributed by atoms with Crippen LogP contribution in [0, 0.1) is 0 Å². The van der Waals surface area contributed by atoms with E-state index in [1.807, 2.05) is 0 Å². The van der Waals surface area contributed by atoms with Crippen LogP contribution in [-0.2, 0) is 65.4 Å². The fourth-order valence-corrected chi connectivity index (χ4v) is 13.8. The summed E-state index contributed by atoms with van der Waals surface area (Å²) < 4.78 is 68.8. The maximum Gasteiger partial charge on any atom is 0.472 e. The zero-order valence-electron chi connectivity index (χ0n) is 67.0. The quantitative estimate of drug-likeness (QED) is 0.0169. The zero-order valence-corrected chi connectivity index (χ0v) is 68.8. The highest BCUT2D eigenvalue weighted by Gasteiger charge is 2.30. The van der Waals surface area contributed by atoms with Gasteiger partial charge < -0.3 is 33.8 Å². The van der Waals surface area contributed by atoms with Crippen LogP contribution in [0.4, 0.5) is 0 Å². The van der Waals surface area contributed by atoms with Gasteiger partial charge in [-0.2, -0.15) is 0 Å². The summed E-state index contributed by atoms with van der Waals surface area (Å²) in [5.74, 6) is -2.16. The third kappa shape index (κ3) is 77.2. The van der Waals surface area contributed by atoms with Crippen molar-refractivity contribution in [2.75, 3.05) is 39.6 Å². The van der Waals surface area contributed by atoms with Crippen LogP contribution in [0.25, 0.3) is 0 Å². The lowest BCUT2D eigenvalue weighted by atomic mass is 10.0. The van der Waals surface area contributed by atoms with Gasteiger partial charge in [0, 0.05) is 25.7 Å². The number of hydrogen-bond donors (Lipinski definition) is 3. The third-order valence-electron chi connectivity index (χ3n) is 18.8. The molecule has 0 fully saturated rings. The molecular weight excluding hydrogens is 1350 g/mol. The molecule has 5 atom stereocenters. The Labute approximate surface area is 636 Å². The summed E-state index contributed by atoms with van der Waals surface area (Å²) in [4.78, 5) is 73.2. The minimum Gasteiger partial charge on any atom is -0.462 e. The number of aliphatic hydroxyl groups excluding tert-OH is 1. The van der Waals surface area contributed by atoms with Crippen molar-refractivity contribution in [2.45, 2.75) is 431 Å². The summed E-state index contributed by atoms with van der Waals surface area (Å²) in [5, 5.41) is 10.7. The molecule has 0 saturated carbocycles. The molecule has 2 unspecified atom stereocenters. The normalized spacial score (nSPS) is 14.0. The molecule has 0 aromatic heterocycles. The lowest BCUT2D eigenvalue weighted by Crippen LogP contribution is -2.30. The van der Waals surface area contributed by atoms with Crippen molar-refractivity contribution in [2.24, 2.45) is 0 Å². The standard InChI is InChI=1S/C85H158O17P2/c1-5-9-13-17-21-25-29-33-37-39-43-46-50-54-58-62-66-70-83(88)96-76-80(101-84(89)71-67-63-59-55-51-47-42-36-32-28-24-20-16-12-8-4)77-99-103(91,92)97-73-79(86)74-98-104(93,94)100-78-81(75-95-82(87)69-65-61-57-53-49-45-41-35-31-27-23-19-15-11-7-3)102-85(90)72-68-64-60-56-52-48-44-40-38-34-30-26-22-18-14-10-6-2/h23-24,27-28,35-36,41-42,79-81,86H,5-22,25-26,29-34,37-40,43-78H2,1-4H3,(H,91,92)(H,93,94)/b27-23-,28-24-,41-35-,42-36-/t79-,80+,81+/m0/s1. The first kappa shape index (κ1) is 101. The SMILES string of the molecule is CCCCC/C=C\C/C=C\CCCCCCCC(=O)OC[C@H](COP(=O)(O)OC[C@@H](O)COP(=O)(O)OC[C@@H](COC(=O)CCCCCCCCCCCCCCCCCCC)OC(=O)CCCCCCC/C=C\C/C=C\CCCCC)OC(=O)CCCCCCCCCCCCCCCCCCC. The predicted molar refractivity (Wildman–Crippen MR) is 427 cm³/mol. The van der Waals surface area contributed by atoms with Crippen molar-refractivity contribution in [3.05, 3.63) is 48.6 Å². The van der Waals surface area contributed by atoms with Crippen LogP contribution >= 0.6 is 15.6 Å². The molecule has 0 amide bonds. The second kappa shape index (κ2) is 78.2. The van der Waals surface area contributed by atoms with E-state index in [1.54, 1.807) is 0 Å².